The number of likely N-dealkylation sites (tertiary alicyclic amines) is 1. The van der Waals surface area contributed by atoms with Crippen molar-refractivity contribution >= 4 is 17.7 Å². The Kier molecular flexibility index (Phi) is 4.21. The molecule has 0 aliphatic carbocycles. The zero-order valence-corrected chi connectivity index (χ0v) is 12.9. The van der Waals surface area contributed by atoms with Crippen molar-refractivity contribution in [2.24, 2.45) is 5.92 Å². The Balaban J connectivity index is 2.00. The molecule has 2 rings (SSSR count). The van der Waals surface area contributed by atoms with Crippen LogP contribution in [-0.4, -0.2) is 35.1 Å². The number of nitrogens with zero attached hydrogens (tertiary/aromatic N) is 1. The maximum atomic E-state index is 12.3. The van der Waals surface area contributed by atoms with Gasteiger partial charge in [-0.1, -0.05) is 25.1 Å². The van der Waals surface area contributed by atoms with Crippen LogP contribution in [0.4, 0.5) is 10.5 Å². The van der Waals surface area contributed by atoms with Crippen molar-refractivity contribution in [1.29, 1.82) is 0 Å². The minimum atomic E-state index is -0.559. The number of para-hydroxylation sites is 1. The lowest BCUT2D eigenvalue weighted by Gasteiger charge is -2.45. The zero-order chi connectivity index (χ0) is 15.6. The quantitative estimate of drug-likeness (QED) is 0.911. The van der Waals surface area contributed by atoms with Crippen molar-refractivity contribution in [2.75, 3.05) is 11.9 Å². The van der Waals surface area contributed by atoms with Crippen LogP contribution >= 0.6 is 0 Å². The molecule has 5 nitrogen and oxygen atoms in total. The highest BCUT2D eigenvalue weighted by Crippen LogP contribution is 2.27. The van der Waals surface area contributed by atoms with Gasteiger partial charge in [-0.15, -0.1) is 0 Å². The summed E-state index contributed by atoms with van der Waals surface area (Å²) in [5, 5.41) is 2.83. The van der Waals surface area contributed by atoms with Gasteiger partial charge in [-0.3, -0.25) is 9.69 Å². The number of carbonyl (C=O) groups excluding carboxylic acids is 2. The van der Waals surface area contributed by atoms with E-state index in [1.54, 1.807) is 0 Å². The lowest BCUT2D eigenvalue weighted by atomic mass is 9.90. The average molecular weight is 290 g/mol. The number of rotatable bonds is 2. The van der Waals surface area contributed by atoms with E-state index in [1.165, 1.54) is 4.90 Å². The molecule has 1 aromatic rings. The molecule has 2 amide bonds. The van der Waals surface area contributed by atoms with Crippen LogP contribution in [0.1, 0.15) is 27.7 Å². The molecule has 1 aliphatic rings. The summed E-state index contributed by atoms with van der Waals surface area (Å²) in [6.07, 6.45) is -0.436. The van der Waals surface area contributed by atoms with Gasteiger partial charge in [-0.25, -0.2) is 4.79 Å². The number of hydrogen-bond donors (Lipinski definition) is 1. The van der Waals surface area contributed by atoms with Crippen LogP contribution in [0.25, 0.3) is 0 Å². The molecule has 0 aromatic heterocycles. The van der Waals surface area contributed by atoms with Crippen molar-refractivity contribution in [2.45, 2.75) is 39.3 Å². The van der Waals surface area contributed by atoms with E-state index in [4.69, 9.17) is 4.74 Å². The monoisotopic (exact) mass is 290 g/mol. The number of carbonyl (C=O) groups is 2. The van der Waals surface area contributed by atoms with Gasteiger partial charge in [0.1, 0.15) is 11.6 Å². The van der Waals surface area contributed by atoms with Gasteiger partial charge in [0.15, 0.2) is 0 Å². The predicted octanol–water partition coefficient (Wildman–Crippen LogP) is 2.88. The lowest BCUT2D eigenvalue weighted by molar-refractivity contribution is -0.129. The third-order valence-electron chi connectivity index (χ3n) is 3.30. The number of nitrogens with one attached hydrogen (secondary N) is 1. The normalized spacial score (nSPS) is 21.4. The molecule has 2 atom stereocenters. The Morgan fingerprint density at radius 1 is 1.24 bits per heavy atom. The lowest BCUT2D eigenvalue weighted by Crippen LogP contribution is -2.63. The molecular formula is C16H22N2O3. The summed E-state index contributed by atoms with van der Waals surface area (Å²) >= 11 is 0. The first kappa shape index (κ1) is 15.4. The largest absolute Gasteiger partial charge is 0.444 e. The molecule has 0 saturated carbocycles. The average Bonchev–Trinajstić information content (AvgIpc) is 2.34. The third kappa shape index (κ3) is 3.74. The highest BCUT2D eigenvalue weighted by molar-refractivity contribution is 5.97. The smallest absolute Gasteiger partial charge is 0.410 e. The van der Waals surface area contributed by atoms with Crippen molar-refractivity contribution in [3.05, 3.63) is 30.3 Å². The first-order valence-electron chi connectivity index (χ1n) is 7.13. The molecule has 1 heterocycles. The molecule has 0 spiro atoms. The maximum absolute atomic E-state index is 12.3. The zero-order valence-electron chi connectivity index (χ0n) is 12.9. The van der Waals surface area contributed by atoms with Gasteiger partial charge in [0.05, 0.1) is 0 Å². The minimum Gasteiger partial charge on any atom is -0.444 e. The third-order valence-corrected chi connectivity index (χ3v) is 3.30. The van der Waals surface area contributed by atoms with E-state index in [9.17, 15) is 9.59 Å². The second-order valence-electron chi connectivity index (χ2n) is 6.41. The fraction of sp³-hybridized carbons (Fsp3) is 0.500. The molecule has 21 heavy (non-hydrogen) atoms. The van der Waals surface area contributed by atoms with Gasteiger partial charge >= 0.3 is 6.09 Å². The number of amides is 2. The van der Waals surface area contributed by atoms with E-state index in [2.05, 4.69) is 5.32 Å². The number of benzene rings is 1. The molecule has 1 aromatic carbocycles. The fourth-order valence-electron chi connectivity index (χ4n) is 2.34. The summed E-state index contributed by atoms with van der Waals surface area (Å²) in [6, 6.07) is 8.75. The Morgan fingerprint density at radius 3 is 2.38 bits per heavy atom. The summed E-state index contributed by atoms with van der Waals surface area (Å²) in [6.45, 7) is 7.94. The molecule has 1 fully saturated rings. The maximum Gasteiger partial charge on any atom is 0.410 e. The van der Waals surface area contributed by atoms with E-state index in [0.29, 0.717) is 6.54 Å². The summed E-state index contributed by atoms with van der Waals surface area (Å²) in [5.74, 6) is -0.0490. The first-order valence-corrected chi connectivity index (χ1v) is 7.13. The van der Waals surface area contributed by atoms with Gasteiger partial charge in [-0.2, -0.15) is 0 Å². The molecule has 1 saturated heterocycles. The van der Waals surface area contributed by atoms with Crippen LogP contribution in [0.5, 0.6) is 0 Å². The second kappa shape index (κ2) is 5.76. The minimum absolute atomic E-state index is 0.126. The van der Waals surface area contributed by atoms with Crippen LogP contribution in [0.15, 0.2) is 30.3 Å². The van der Waals surface area contributed by atoms with Crippen molar-refractivity contribution in [3.63, 3.8) is 0 Å². The van der Waals surface area contributed by atoms with Gasteiger partial charge in [0.2, 0.25) is 5.91 Å². The number of ether oxygens (including phenoxy) is 1. The molecular weight excluding hydrogens is 268 g/mol. The summed E-state index contributed by atoms with van der Waals surface area (Å²) in [5.41, 5.74) is 0.168. The second-order valence-corrected chi connectivity index (χ2v) is 6.41. The molecule has 0 bridgehead atoms. The topological polar surface area (TPSA) is 58.6 Å². The molecule has 0 unspecified atom stereocenters. The van der Waals surface area contributed by atoms with Crippen LogP contribution in [-0.2, 0) is 9.53 Å². The van der Waals surface area contributed by atoms with E-state index >= 15 is 0 Å². The van der Waals surface area contributed by atoms with E-state index < -0.39 is 17.7 Å². The molecule has 0 radical (unpaired) electrons. The molecule has 1 N–H and O–H groups in total. The van der Waals surface area contributed by atoms with E-state index in [0.717, 1.165) is 5.69 Å². The van der Waals surface area contributed by atoms with Gasteiger partial charge in [-0.05, 0) is 32.9 Å². The van der Waals surface area contributed by atoms with Gasteiger partial charge < -0.3 is 10.1 Å². The Bertz CT molecular complexity index is 522. The van der Waals surface area contributed by atoms with E-state index in [1.807, 2.05) is 58.0 Å². The Hall–Kier alpha value is -2.04. The van der Waals surface area contributed by atoms with Crippen molar-refractivity contribution in [3.8, 4) is 0 Å². The molecule has 114 valence electrons. The highest BCUT2D eigenvalue weighted by atomic mass is 16.6. The molecule has 5 heteroatoms. The van der Waals surface area contributed by atoms with Gasteiger partial charge in [0, 0.05) is 18.2 Å². The van der Waals surface area contributed by atoms with Crippen molar-refractivity contribution < 1.29 is 14.3 Å². The number of hydrogen-bond acceptors (Lipinski definition) is 3. The Labute approximate surface area is 125 Å². The number of anilines is 1. The SMILES string of the molecule is C[C@H]1CN(C(=O)OC(C)(C)C)[C@@H]1C(=O)Nc1ccccc1. The predicted molar refractivity (Wildman–Crippen MR) is 81.0 cm³/mol. The summed E-state index contributed by atoms with van der Waals surface area (Å²) in [7, 11) is 0. The van der Waals surface area contributed by atoms with E-state index in [-0.39, 0.29) is 11.8 Å². The Morgan fingerprint density at radius 2 is 1.86 bits per heavy atom. The van der Waals surface area contributed by atoms with Crippen LogP contribution in [0, 0.1) is 5.92 Å². The van der Waals surface area contributed by atoms with Crippen LogP contribution in [0.2, 0.25) is 0 Å². The summed E-state index contributed by atoms with van der Waals surface area (Å²) < 4.78 is 5.33. The standard InChI is InChI=1S/C16H22N2O3/c1-11-10-18(15(20)21-16(2,3)4)13(11)14(19)17-12-8-6-5-7-9-12/h5-9,11,13H,10H2,1-4H3,(H,17,19)/t11-,13-/m0/s1. The highest BCUT2D eigenvalue weighted by Gasteiger charge is 2.45. The van der Waals surface area contributed by atoms with Crippen molar-refractivity contribution in [1.82, 2.24) is 4.90 Å². The van der Waals surface area contributed by atoms with Crippen LogP contribution in [0.3, 0.4) is 0 Å². The van der Waals surface area contributed by atoms with Gasteiger partial charge in [0.25, 0.3) is 0 Å². The molecule has 1 aliphatic heterocycles. The summed E-state index contributed by atoms with van der Waals surface area (Å²) in [4.78, 5) is 25.9. The van der Waals surface area contributed by atoms with Crippen LogP contribution < -0.4 is 5.32 Å². The fourth-order valence-corrected chi connectivity index (χ4v) is 2.34. The first-order chi connectivity index (χ1) is 9.78.